The van der Waals surface area contributed by atoms with E-state index in [9.17, 15) is 18.8 Å². The highest BCUT2D eigenvalue weighted by Gasteiger charge is 2.55. The van der Waals surface area contributed by atoms with E-state index >= 15 is 0 Å². The van der Waals surface area contributed by atoms with Gasteiger partial charge >= 0.3 is 0 Å². The molecule has 2 saturated heterocycles. The van der Waals surface area contributed by atoms with Gasteiger partial charge in [-0.1, -0.05) is 25.1 Å². The molecule has 5 heterocycles. The molecule has 1 spiro atoms. The Morgan fingerprint density at radius 2 is 1.83 bits per heavy atom. The minimum absolute atomic E-state index is 0.0247. The minimum Gasteiger partial charge on any atom is -0.355 e. The minimum atomic E-state index is -0.783. The largest absolute Gasteiger partial charge is 0.355 e. The predicted octanol–water partition coefficient (Wildman–Crippen LogP) is 6.67. The summed E-state index contributed by atoms with van der Waals surface area (Å²) in [4.78, 5) is 56.0. The zero-order valence-corrected chi connectivity index (χ0v) is 32.0. The maximum atomic E-state index is 14.8. The summed E-state index contributed by atoms with van der Waals surface area (Å²) in [5.41, 5.74) is 6.69. The van der Waals surface area contributed by atoms with Crippen molar-refractivity contribution in [1.82, 2.24) is 29.7 Å². The molecule has 8 rings (SSSR count). The van der Waals surface area contributed by atoms with Crippen molar-refractivity contribution in [2.24, 2.45) is 0 Å². The van der Waals surface area contributed by atoms with Gasteiger partial charge in [-0.3, -0.25) is 19.3 Å². The second-order valence-electron chi connectivity index (χ2n) is 15.9. The summed E-state index contributed by atoms with van der Waals surface area (Å²) >= 11 is 0. The fourth-order valence-corrected chi connectivity index (χ4v) is 9.19. The van der Waals surface area contributed by atoms with Gasteiger partial charge in [-0.25, -0.2) is 14.4 Å². The number of amides is 3. The fourth-order valence-electron chi connectivity index (χ4n) is 9.19. The van der Waals surface area contributed by atoms with Gasteiger partial charge in [0.15, 0.2) is 5.82 Å². The number of aryl methyl sites for hydroxylation is 1. The number of rotatable bonds is 8. The zero-order valence-electron chi connectivity index (χ0n) is 32.0. The number of carbonyl (C=O) groups excluding carboxylic acids is 3. The summed E-state index contributed by atoms with van der Waals surface area (Å²) in [6.07, 6.45) is 6.29. The number of pyridine rings is 1. The zero-order chi connectivity index (χ0) is 37.9. The molecule has 4 aromatic rings. The molecule has 4 aliphatic rings. The molecule has 3 aliphatic heterocycles. The second-order valence-corrected chi connectivity index (χ2v) is 15.9. The van der Waals surface area contributed by atoms with Gasteiger partial charge in [0.25, 0.3) is 5.91 Å². The van der Waals surface area contributed by atoms with Gasteiger partial charge in [-0.2, -0.15) is 0 Å². The normalized spacial score (nSPS) is 23.0. The average Bonchev–Trinajstić information content (AvgIpc) is 3.68. The highest BCUT2D eigenvalue weighted by atomic mass is 19.1. The summed E-state index contributed by atoms with van der Waals surface area (Å²) in [5, 5.41) is 6.27. The molecular weight excluding hydrogens is 684 g/mol. The number of hydrogen-bond donors (Lipinski definition) is 2. The smallest absolute Gasteiger partial charge is 0.251 e. The van der Waals surface area contributed by atoms with Gasteiger partial charge in [-0.15, -0.1) is 0 Å². The summed E-state index contributed by atoms with van der Waals surface area (Å²) in [6.45, 7) is 10.3. The van der Waals surface area contributed by atoms with Crippen molar-refractivity contribution >= 4 is 45.9 Å². The third-order valence-electron chi connectivity index (χ3n) is 12.7. The summed E-state index contributed by atoms with van der Waals surface area (Å²) in [5.74, 6) is 0.625. The SMILES string of the molecule is CC[C@H](C)n1cnc2cc(-c3ccc4c(c3)N([C@H]3C[C@@H](N5CCC[C@@H](F)C5)C3)C(=O)C43CCN(C(C)=O)CC3)nc(Nc3ccc(C)c(C(=O)NC)c3)c21. The molecule has 12 heteroatoms. The molecule has 284 valence electrons. The van der Waals surface area contributed by atoms with Gasteiger partial charge < -0.3 is 25.0 Å². The number of carbonyl (C=O) groups is 3. The van der Waals surface area contributed by atoms with Crippen molar-refractivity contribution in [3.05, 3.63) is 65.5 Å². The number of halogens is 1. The molecule has 2 aromatic carbocycles. The third kappa shape index (κ3) is 6.12. The third-order valence-corrected chi connectivity index (χ3v) is 12.7. The fraction of sp³-hybridized carbons (Fsp3) is 0.500. The lowest BCUT2D eigenvalue weighted by atomic mass is 9.73. The monoisotopic (exact) mass is 734 g/mol. The first-order chi connectivity index (χ1) is 26.0. The van der Waals surface area contributed by atoms with E-state index in [4.69, 9.17) is 9.97 Å². The van der Waals surface area contributed by atoms with E-state index in [0.717, 1.165) is 77.0 Å². The van der Waals surface area contributed by atoms with E-state index in [1.807, 2.05) is 47.3 Å². The molecule has 0 radical (unpaired) electrons. The van der Waals surface area contributed by atoms with Crippen LogP contribution in [0.1, 0.15) is 93.2 Å². The highest BCUT2D eigenvalue weighted by molar-refractivity contribution is 6.09. The molecule has 54 heavy (non-hydrogen) atoms. The first-order valence-electron chi connectivity index (χ1n) is 19.6. The molecule has 0 unspecified atom stereocenters. The number of nitrogens with zero attached hydrogens (tertiary/aromatic N) is 6. The Labute approximate surface area is 316 Å². The lowest BCUT2D eigenvalue weighted by Crippen LogP contribution is -2.59. The number of aromatic nitrogens is 3. The molecule has 2 atom stereocenters. The summed E-state index contributed by atoms with van der Waals surface area (Å²) in [7, 11) is 1.63. The van der Waals surface area contributed by atoms with Crippen molar-refractivity contribution in [2.45, 2.75) is 102 Å². The molecule has 11 nitrogen and oxygen atoms in total. The van der Waals surface area contributed by atoms with Crippen LogP contribution in [0.4, 0.5) is 21.6 Å². The maximum Gasteiger partial charge on any atom is 0.251 e. The standard InChI is InChI=1S/C42H51FN8O3/c1-6-26(3)50-24-45-36-22-35(47-39(38(36)50)46-30-11-9-25(2)33(19-30)40(53)44-5)28-10-12-34-37(18-28)51(32-20-31(21-32)49-15-7-8-29(43)23-49)41(54)42(34)13-16-48(17-14-42)27(4)52/h9-12,18-19,22,24,26,29,31-32H,6-8,13-17,20-21,23H2,1-5H3,(H,44,53)(H,46,47)/t26-,29+,31-,32+/m0/s1. The first kappa shape index (κ1) is 36.2. The number of alkyl halides is 1. The van der Waals surface area contributed by atoms with Crippen molar-refractivity contribution in [3.8, 4) is 11.3 Å². The van der Waals surface area contributed by atoms with Crippen LogP contribution in [-0.4, -0.2) is 93.5 Å². The second kappa shape index (κ2) is 14.1. The number of hydrogen-bond acceptors (Lipinski definition) is 7. The van der Waals surface area contributed by atoms with Crippen molar-refractivity contribution in [2.75, 3.05) is 43.4 Å². The quantitative estimate of drug-likeness (QED) is 0.208. The van der Waals surface area contributed by atoms with Gasteiger partial charge in [0.1, 0.15) is 11.7 Å². The van der Waals surface area contributed by atoms with Gasteiger partial charge in [0, 0.05) is 74.2 Å². The number of imidazole rings is 1. The van der Waals surface area contributed by atoms with Crippen LogP contribution in [0.5, 0.6) is 0 Å². The van der Waals surface area contributed by atoms with E-state index in [1.54, 1.807) is 14.0 Å². The molecule has 1 aliphatic carbocycles. The number of benzene rings is 2. The molecule has 2 aromatic heterocycles. The van der Waals surface area contributed by atoms with Crippen molar-refractivity contribution in [1.29, 1.82) is 0 Å². The molecule has 0 bridgehead atoms. The number of nitrogens with one attached hydrogen (secondary N) is 2. The van der Waals surface area contributed by atoms with E-state index in [-0.39, 0.29) is 35.8 Å². The van der Waals surface area contributed by atoms with Crippen LogP contribution in [0.2, 0.25) is 0 Å². The van der Waals surface area contributed by atoms with Crippen LogP contribution >= 0.6 is 0 Å². The Morgan fingerprint density at radius 1 is 1.06 bits per heavy atom. The van der Waals surface area contributed by atoms with Crippen LogP contribution in [0, 0.1) is 6.92 Å². The van der Waals surface area contributed by atoms with Crippen LogP contribution in [0.3, 0.4) is 0 Å². The van der Waals surface area contributed by atoms with Gasteiger partial charge in [-0.05, 0) is 101 Å². The lowest BCUT2D eigenvalue weighted by molar-refractivity contribution is -0.134. The molecule has 1 saturated carbocycles. The highest BCUT2D eigenvalue weighted by Crippen LogP contribution is 2.52. The molecule has 2 N–H and O–H groups in total. The van der Waals surface area contributed by atoms with Crippen LogP contribution < -0.4 is 15.5 Å². The molecule has 3 fully saturated rings. The van der Waals surface area contributed by atoms with Gasteiger partial charge in [0.05, 0.1) is 23.0 Å². The van der Waals surface area contributed by atoms with Crippen molar-refractivity contribution < 1.29 is 18.8 Å². The molecular formula is C42H51FN8O3. The average molecular weight is 735 g/mol. The van der Waals surface area contributed by atoms with Crippen LogP contribution in [-0.2, 0) is 15.0 Å². The van der Waals surface area contributed by atoms with Gasteiger partial charge in [0.2, 0.25) is 11.8 Å². The Bertz CT molecular complexity index is 2120. The van der Waals surface area contributed by atoms with Crippen molar-refractivity contribution in [3.63, 3.8) is 0 Å². The Hall–Kier alpha value is -4.84. The predicted molar refractivity (Wildman–Crippen MR) is 209 cm³/mol. The maximum absolute atomic E-state index is 14.8. The lowest BCUT2D eigenvalue weighted by Gasteiger charge is -2.48. The number of fused-ring (bicyclic) bond motifs is 3. The van der Waals surface area contributed by atoms with Crippen LogP contribution in [0.15, 0.2) is 48.8 Å². The van der Waals surface area contributed by atoms with E-state index in [1.165, 1.54) is 0 Å². The topological polar surface area (TPSA) is 116 Å². The molecule has 3 amide bonds. The summed E-state index contributed by atoms with van der Waals surface area (Å²) < 4.78 is 16.5. The van der Waals surface area contributed by atoms with Crippen LogP contribution in [0.25, 0.3) is 22.3 Å². The summed E-state index contributed by atoms with van der Waals surface area (Å²) in [6, 6.07) is 14.5. The Morgan fingerprint density at radius 3 is 2.54 bits per heavy atom. The van der Waals surface area contributed by atoms with E-state index < -0.39 is 11.6 Å². The first-order valence-corrected chi connectivity index (χ1v) is 19.6. The Kier molecular flexibility index (Phi) is 9.44. The number of piperidine rings is 2. The van der Waals surface area contributed by atoms with E-state index in [0.29, 0.717) is 50.3 Å². The van der Waals surface area contributed by atoms with E-state index in [2.05, 4.69) is 52.1 Å². The number of likely N-dealkylation sites (tertiary alicyclic amines) is 2. The number of anilines is 3. The Balaban J connectivity index is 1.19.